The van der Waals surface area contributed by atoms with Crippen molar-refractivity contribution >= 4 is 40.1 Å². The van der Waals surface area contributed by atoms with E-state index in [1.54, 1.807) is 36.3 Å². The van der Waals surface area contributed by atoms with Crippen LogP contribution >= 0.6 is 22.7 Å². The average molecular weight is 426 g/mol. The molecule has 5 nitrogen and oxygen atoms in total. The summed E-state index contributed by atoms with van der Waals surface area (Å²) in [4.78, 5) is 29.3. The maximum atomic E-state index is 13.0. The van der Waals surface area contributed by atoms with Crippen molar-refractivity contribution in [1.82, 2.24) is 4.90 Å². The van der Waals surface area contributed by atoms with Crippen LogP contribution in [0.4, 0.5) is 0 Å². The number of rotatable bonds is 5. The summed E-state index contributed by atoms with van der Waals surface area (Å²) in [7, 11) is 1.56. The number of methoxy groups -OCH3 is 1. The largest absolute Gasteiger partial charge is 0.507 e. The molecule has 3 heterocycles. The van der Waals surface area contributed by atoms with Crippen LogP contribution in [-0.2, 0) is 16.1 Å². The fourth-order valence-electron chi connectivity index (χ4n) is 3.46. The van der Waals surface area contributed by atoms with Crippen molar-refractivity contribution in [2.45, 2.75) is 19.5 Å². The molecule has 0 aliphatic carbocycles. The van der Waals surface area contributed by atoms with Gasteiger partial charge in [-0.05, 0) is 59.6 Å². The molecule has 1 atom stereocenters. The molecule has 0 radical (unpaired) electrons. The lowest BCUT2D eigenvalue weighted by molar-refractivity contribution is -0.140. The second-order valence-corrected chi connectivity index (χ2v) is 8.68. The van der Waals surface area contributed by atoms with Crippen molar-refractivity contribution < 1.29 is 19.4 Å². The van der Waals surface area contributed by atoms with Crippen molar-refractivity contribution in [3.8, 4) is 5.75 Å². The molecule has 7 heteroatoms. The van der Waals surface area contributed by atoms with E-state index in [2.05, 4.69) is 0 Å². The molecule has 1 aliphatic rings. The molecular formula is C22H19NO4S2. The summed E-state index contributed by atoms with van der Waals surface area (Å²) in [5, 5.41) is 14.9. The first kappa shape index (κ1) is 19.4. The summed E-state index contributed by atoms with van der Waals surface area (Å²) >= 11 is 3.01. The monoisotopic (exact) mass is 425 g/mol. The number of hydrogen-bond acceptors (Lipinski definition) is 6. The van der Waals surface area contributed by atoms with E-state index >= 15 is 0 Å². The van der Waals surface area contributed by atoms with Crippen LogP contribution in [0.15, 0.2) is 58.8 Å². The van der Waals surface area contributed by atoms with E-state index in [1.807, 2.05) is 35.9 Å². The number of thiophene rings is 2. The Kier molecular flexibility index (Phi) is 5.25. The van der Waals surface area contributed by atoms with Gasteiger partial charge >= 0.3 is 0 Å². The fourth-order valence-corrected chi connectivity index (χ4v) is 5.20. The van der Waals surface area contributed by atoms with Crippen LogP contribution in [0, 0.1) is 6.92 Å². The van der Waals surface area contributed by atoms with Gasteiger partial charge in [-0.2, -0.15) is 0 Å². The number of Topliss-reactive ketones (excluding diaryl/α,β-unsaturated/α-hetero) is 1. The van der Waals surface area contributed by atoms with Gasteiger partial charge in [0.2, 0.25) is 0 Å². The van der Waals surface area contributed by atoms with Crippen LogP contribution in [0.5, 0.6) is 5.75 Å². The molecule has 1 saturated heterocycles. The van der Waals surface area contributed by atoms with Crippen molar-refractivity contribution in [2.24, 2.45) is 0 Å². The molecule has 148 valence electrons. The van der Waals surface area contributed by atoms with Gasteiger partial charge in [0.1, 0.15) is 17.6 Å². The van der Waals surface area contributed by atoms with Gasteiger partial charge in [-0.15, -0.1) is 22.7 Å². The molecule has 0 saturated carbocycles. The Morgan fingerprint density at radius 1 is 1.10 bits per heavy atom. The van der Waals surface area contributed by atoms with E-state index in [1.165, 1.54) is 22.7 Å². The minimum Gasteiger partial charge on any atom is -0.507 e. The van der Waals surface area contributed by atoms with Crippen LogP contribution in [0.25, 0.3) is 5.76 Å². The van der Waals surface area contributed by atoms with Gasteiger partial charge in [0, 0.05) is 15.3 Å². The van der Waals surface area contributed by atoms with Gasteiger partial charge in [0.05, 0.1) is 19.2 Å². The minimum absolute atomic E-state index is 0.127. The van der Waals surface area contributed by atoms with Crippen LogP contribution in [0.3, 0.4) is 0 Å². The summed E-state index contributed by atoms with van der Waals surface area (Å²) in [6, 6.07) is 12.0. The highest BCUT2D eigenvalue weighted by atomic mass is 32.1. The molecule has 1 aliphatic heterocycles. The third kappa shape index (κ3) is 3.47. The zero-order chi connectivity index (χ0) is 20.5. The number of carbonyl (C=O) groups is 2. The maximum absolute atomic E-state index is 13.0. The second-order valence-electron chi connectivity index (χ2n) is 6.70. The van der Waals surface area contributed by atoms with Crippen LogP contribution < -0.4 is 4.74 Å². The van der Waals surface area contributed by atoms with Crippen molar-refractivity contribution in [3.05, 3.63) is 79.7 Å². The predicted octanol–water partition coefficient (Wildman–Crippen LogP) is 4.75. The number of benzene rings is 1. The lowest BCUT2D eigenvalue weighted by atomic mass is 9.98. The van der Waals surface area contributed by atoms with Gasteiger partial charge < -0.3 is 14.7 Å². The Hall–Kier alpha value is -2.90. The predicted molar refractivity (Wildman–Crippen MR) is 114 cm³/mol. The van der Waals surface area contributed by atoms with Gasteiger partial charge in [-0.3, -0.25) is 9.59 Å². The number of nitrogens with zero attached hydrogens (tertiary/aromatic N) is 1. The molecule has 3 aromatic rings. The number of ether oxygens (including phenoxy) is 1. The van der Waals surface area contributed by atoms with Crippen LogP contribution in [0.1, 0.15) is 26.9 Å². The van der Waals surface area contributed by atoms with E-state index in [-0.39, 0.29) is 11.3 Å². The molecule has 4 rings (SSSR count). The normalized spacial score (nSPS) is 18.4. The number of hydrogen-bond donors (Lipinski definition) is 1. The Morgan fingerprint density at radius 2 is 1.86 bits per heavy atom. The first-order valence-corrected chi connectivity index (χ1v) is 10.8. The molecule has 1 amide bonds. The zero-order valence-electron chi connectivity index (χ0n) is 15.9. The topological polar surface area (TPSA) is 66.8 Å². The number of aliphatic hydroxyl groups is 1. The summed E-state index contributed by atoms with van der Waals surface area (Å²) in [5.74, 6) is -0.776. The molecule has 29 heavy (non-hydrogen) atoms. The van der Waals surface area contributed by atoms with Crippen molar-refractivity contribution in [3.63, 3.8) is 0 Å². The highest BCUT2D eigenvalue weighted by Gasteiger charge is 2.47. The van der Waals surface area contributed by atoms with E-state index in [0.29, 0.717) is 17.9 Å². The first-order valence-electron chi connectivity index (χ1n) is 9.00. The number of carbonyl (C=O) groups excluding carboxylic acids is 2. The Bertz CT molecular complexity index is 1080. The zero-order valence-corrected chi connectivity index (χ0v) is 17.5. The SMILES string of the molecule is COc1ccc(/C(O)=C2/C(=O)C(=O)N(Cc3cccs3)C2c2sccc2C)cc1. The highest BCUT2D eigenvalue weighted by molar-refractivity contribution is 7.10. The van der Waals surface area contributed by atoms with E-state index in [0.717, 1.165) is 15.3 Å². The molecule has 1 N–H and O–H groups in total. The Balaban J connectivity index is 1.84. The number of aliphatic hydroxyl groups excluding tert-OH is 1. The standard InChI is InChI=1S/C22H19NO4S2/c1-13-9-11-29-21(13)18-17(19(24)14-5-7-15(27-2)8-6-14)20(25)22(26)23(18)12-16-4-3-10-28-16/h3-11,18,24H,12H2,1-2H3/b19-17-. The fraction of sp³-hybridized carbons (Fsp3) is 0.182. The average Bonchev–Trinajstić information content (AvgIpc) is 3.45. The Labute approximate surface area is 176 Å². The van der Waals surface area contributed by atoms with Gasteiger partial charge in [-0.1, -0.05) is 6.07 Å². The number of aryl methyl sites for hydroxylation is 1. The van der Waals surface area contributed by atoms with Gasteiger partial charge in [-0.25, -0.2) is 0 Å². The first-order chi connectivity index (χ1) is 14.0. The van der Waals surface area contributed by atoms with Crippen molar-refractivity contribution in [2.75, 3.05) is 7.11 Å². The summed E-state index contributed by atoms with van der Waals surface area (Å²) in [6.07, 6.45) is 0. The molecule has 2 aromatic heterocycles. The minimum atomic E-state index is -0.660. The summed E-state index contributed by atoms with van der Waals surface area (Å²) in [5.41, 5.74) is 1.58. The lowest BCUT2D eigenvalue weighted by Crippen LogP contribution is -2.28. The molecule has 0 spiro atoms. The lowest BCUT2D eigenvalue weighted by Gasteiger charge is -2.24. The number of ketones is 1. The quantitative estimate of drug-likeness (QED) is 0.364. The van der Waals surface area contributed by atoms with Crippen LogP contribution in [0.2, 0.25) is 0 Å². The van der Waals surface area contributed by atoms with E-state index in [9.17, 15) is 14.7 Å². The molecule has 0 bridgehead atoms. The van der Waals surface area contributed by atoms with Crippen LogP contribution in [-0.4, -0.2) is 28.8 Å². The summed E-state index contributed by atoms with van der Waals surface area (Å²) < 4.78 is 5.16. The maximum Gasteiger partial charge on any atom is 0.296 e. The van der Waals surface area contributed by atoms with Gasteiger partial charge in [0.15, 0.2) is 0 Å². The smallest absolute Gasteiger partial charge is 0.296 e. The third-order valence-corrected chi connectivity index (χ3v) is 6.89. The molecule has 1 fully saturated rings. The van der Waals surface area contributed by atoms with Gasteiger partial charge in [0.25, 0.3) is 11.7 Å². The van der Waals surface area contributed by atoms with E-state index in [4.69, 9.17) is 4.74 Å². The number of amides is 1. The van der Waals surface area contributed by atoms with E-state index < -0.39 is 17.7 Å². The highest BCUT2D eigenvalue weighted by Crippen LogP contribution is 2.43. The number of likely N-dealkylation sites (tertiary alicyclic amines) is 1. The van der Waals surface area contributed by atoms with Crippen molar-refractivity contribution in [1.29, 1.82) is 0 Å². The molecule has 1 aromatic carbocycles. The molecular weight excluding hydrogens is 406 g/mol. The Morgan fingerprint density at radius 3 is 2.45 bits per heavy atom. The molecule has 1 unspecified atom stereocenters. The second kappa shape index (κ2) is 7.85. The summed E-state index contributed by atoms with van der Waals surface area (Å²) in [6.45, 7) is 2.27. The third-order valence-electron chi connectivity index (χ3n) is 4.96.